The lowest BCUT2D eigenvalue weighted by molar-refractivity contribution is 0.0670. The van der Waals surface area contributed by atoms with Gasteiger partial charge in [0.15, 0.2) is 0 Å². The molecule has 4 nitrogen and oxygen atoms in total. The van der Waals surface area contributed by atoms with Crippen LogP contribution in [0.1, 0.15) is 26.7 Å². The summed E-state index contributed by atoms with van der Waals surface area (Å²) < 4.78 is 30.7. The molecule has 5 heteroatoms. The van der Waals surface area contributed by atoms with E-state index in [0.717, 1.165) is 12.8 Å². The van der Waals surface area contributed by atoms with Crippen molar-refractivity contribution in [1.29, 1.82) is 0 Å². The Bertz CT molecular complexity index is 229. The van der Waals surface area contributed by atoms with Crippen molar-refractivity contribution in [2.75, 3.05) is 13.2 Å². The topological polar surface area (TPSA) is 52.6 Å². The molecule has 0 saturated carbocycles. The van der Waals surface area contributed by atoms with Crippen molar-refractivity contribution < 1.29 is 16.8 Å². The van der Waals surface area contributed by atoms with E-state index in [1.54, 1.807) is 0 Å². The van der Waals surface area contributed by atoms with E-state index in [1.807, 2.05) is 0 Å². The van der Waals surface area contributed by atoms with Gasteiger partial charge in [-0.1, -0.05) is 26.7 Å². The standard InChI is InChI=1S/C8H16O4S/c1-3-7(4-2)8-5-11-13(9,10)12-6-8/h7-8H,3-6H2,1-2H3. The van der Waals surface area contributed by atoms with Gasteiger partial charge in [-0.2, -0.15) is 8.42 Å². The molecule has 1 aliphatic rings. The van der Waals surface area contributed by atoms with Crippen LogP contribution >= 0.6 is 0 Å². The molecule has 0 unspecified atom stereocenters. The van der Waals surface area contributed by atoms with Crippen LogP contribution in [-0.4, -0.2) is 21.6 Å². The lowest BCUT2D eigenvalue weighted by Crippen LogP contribution is -2.32. The van der Waals surface area contributed by atoms with Crippen molar-refractivity contribution in [2.24, 2.45) is 11.8 Å². The van der Waals surface area contributed by atoms with Gasteiger partial charge in [0, 0.05) is 5.92 Å². The van der Waals surface area contributed by atoms with Crippen LogP contribution in [0.25, 0.3) is 0 Å². The number of hydrogen-bond donors (Lipinski definition) is 0. The van der Waals surface area contributed by atoms with Crippen molar-refractivity contribution in [3.05, 3.63) is 0 Å². The fourth-order valence-electron chi connectivity index (χ4n) is 1.65. The quantitative estimate of drug-likeness (QED) is 0.702. The van der Waals surface area contributed by atoms with E-state index in [9.17, 15) is 8.42 Å². The molecule has 0 bridgehead atoms. The van der Waals surface area contributed by atoms with Gasteiger partial charge >= 0.3 is 10.4 Å². The SMILES string of the molecule is CCC(CC)C1COS(=O)(=O)OC1. The molecule has 0 aliphatic carbocycles. The molecule has 1 saturated heterocycles. The van der Waals surface area contributed by atoms with Crippen LogP contribution < -0.4 is 0 Å². The van der Waals surface area contributed by atoms with Crippen molar-refractivity contribution in [2.45, 2.75) is 26.7 Å². The molecule has 1 heterocycles. The predicted molar refractivity (Wildman–Crippen MR) is 48.4 cm³/mol. The van der Waals surface area contributed by atoms with E-state index in [2.05, 4.69) is 22.2 Å². The van der Waals surface area contributed by atoms with Crippen LogP contribution in [0.3, 0.4) is 0 Å². The summed E-state index contributed by atoms with van der Waals surface area (Å²) in [5, 5.41) is 0. The largest absolute Gasteiger partial charge is 0.399 e. The van der Waals surface area contributed by atoms with Gasteiger partial charge < -0.3 is 0 Å². The first kappa shape index (κ1) is 10.9. The molecule has 13 heavy (non-hydrogen) atoms. The van der Waals surface area contributed by atoms with E-state index < -0.39 is 10.4 Å². The summed E-state index contributed by atoms with van der Waals surface area (Å²) in [6, 6.07) is 0. The monoisotopic (exact) mass is 208 g/mol. The Morgan fingerprint density at radius 3 is 2.08 bits per heavy atom. The molecule has 0 aromatic heterocycles. The van der Waals surface area contributed by atoms with Gasteiger partial charge in [0.25, 0.3) is 0 Å². The van der Waals surface area contributed by atoms with E-state index in [4.69, 9.17) is 0 Å². The Hall–Kier alpha value is -0.130. The molecule has 1 aliphatic heterocycles. The van der Waals surface area contributed by atoms with Crippen LogP contribution in [0.5, 0.6) is 0 Å². The third kappa shape index (κ3) is 2.93. The molecule has 0 atom stereocenters. The summed E-state index contributed by atoms with van der Waals surface area (Å²) in [5.74, 6) is 0.717. The molecule has 0 aromatic carbocycles. The Balaban J connectivity index is 2.49. The maximum absolute atomic E-state index is 10.8. The van der Waals surface area contributed by atoms with Gasteiger partial charge in [0.1, 0.15) is 0 Å². The van der Waals surface area contributed by atoms with Crippen LogP contribution in [-0.2, 0) is 18.8 Å². The molecule has 0 aromatic rings. The number of hydrogen-bond acceptors (Lipinski definition) is 4. The minimum absolute atomic E-state index is 0.221. The molecule has 0 N–H and O–H groups in total. The minimum atomic E-state index is -3.67. The molecule has 0 spiro atoms. The van der Waals surface area contributed by atoms with E-state index in [0.29, 0.717) is 5.92 Å². The average Bonchev–Trinajstić information content (AvgIpc) is 2.09. The van der Waals surface area contributed by atoms with Gasteiger partial charge in [-0.3, -0.25) is 0 Å². The lowest BCUT2D eigenvalue weighted by Gasteiger charge is -2.27. The maximum atomic E-state index is 10.8. The first-order valence-electron chi connectivity index (χ1n) is 4.62. The fraction of sp³-hybridized carbons (Fsp3) is 1.00. The van der Waals surface area contributed by atoms with Crippen LogP contribution in [0.15, 0.2) is 0 Å². The third-order valence-corrected chi connectivity index (χ3v) is 3.42. The fourth-order valence-corrected chi connectivity index (χ4v) is 2.40. The summed E-state index contributed by atoms with van der Waals surface area (Å²) in [6.45, 7) is 4.73. The maximum Gasteiger partial charge on any atom is 0.399 e. The Morgan fingerprint density at radius 2 is 1.69 bits per heavy atom. The summed E-state index contributed by atoms with van der Waals surface area (Å²) in [7, 11) is -3.67. The van der Waals surface area contributed by atoms with Gasteiger partial charge in [0.2, 0.25) is 0 Å². The molecular weight excluding hydrogens is 192 g/mol. The summed E-state index contributed by atoms with van der Waals surface area (Å²) >= 11 is 0. The van der Waals surface area contributed by atoms with Crippen molar-refractivity contribution in [3.63, 3.8) is 0 Å². The van der Waals surface area contributed by atoms with Crippen LogP contribution in [0, 0.1) is 11.8 Å². The van der Waals surface area contributed by atoms with Crippen molar-refractivity contribution >= 4 is 10.4 Å². The highest BCUT2D eigenvalue weighted by Gasteiger charge is 2.29. The Kier molecular flexibility index (Phi) is 3.70. The molecule has 0 amide bonds. The zero-order chi connectivity index (χ0) is 9.90. The van der Waals surface area contributed by atoms with Crippen molar-refractivity contribution in [3.8, 4) is 0 Å². The van der Waals surface area contributed by atoms with Gasteiger partial charge in [0.05, 0.1) is 13.2 Å². The average molecular weight is 208 g/mol. The predicted octanol–water partition coefficient (Wildman–Crippen LogP) is 1.33. The first-order chi connectivity index (χ1) is 6.09. The Labute approximate surface area is 79.6 Å². The molecule has 1 rings (SSSR count). The normalized spacial score (nSPS) is 23.6. The highest BCUT2D eigenvalue weighted by atomic mass is 32.3. The van der Waals surface area contributed by atoms with Gasteiger partial charge in [-0.05, 0) is 5.92 Å². The second kappa shape index (κ2) is 4.39. The smallest absolute Gasteiger partial charge is 0.248 e. The highest BCUT2D eigenvalue weighted by molar-refractivity contribution is 7.81. The third-order valence-electron chi connectivity index (χ3n) is 2.57. The minimum Gasteiger partial charge on any atom is -0.248 e. The van der Waals surface area contributed by atoms with E-state index in [1.165, 1.54) is 0 Å². The molecule has 0 radical (unpaired) electrons. The molecular formula is C8H16O4S. The zero-order valence-electron chi connectivity index (χ0n) is 8.02. The summed E-state index contributed by atoms with van der Waals surface area (Å²) in [5.41, 5.74) is 0. The second-order valence-corrected chi connectivity index (χ2v) is 4.60. The van der Waals surface area contributed by atoms with E-state index >= 15 is 0 Å². The van der Waals surface area contributed by atoms with Crippen molar-refractivity contribution in [1.82, 2.24) is 0 Å². The lowest BCUT2D eigenvalue weighted by atomic mass is 9.89. The summed E-state index contributed by atoms with van der Waals surface area (Å²) in [6.07, 6.45) is 2.07. The molecule has 78 valence electrons. The van der Waals surface area contributed by atoms with Crippen LogP contribution in [0.2, 0.25) is 0 Å². The number of rotatable bonds is 3. The highest BCUT2D eigenvalue weighted by Crippen LogP contribution is 2.24. The second-order valence-electron chi connectivity index (χ2n) is 3.31. The molecule has 1 fully saturated rings. The zero-order valence-corrected chi connectivity index (χ0v) is 8.84. The van der Waals surface area contributed by atoms with E-state index in [-0.39, 0.29) is 19.1 Å². The Morgan fingerprint density at radius 1 is 1.23 bits per heavy atom. The first-order valence-corrected chi connectivity index (χ1v) is 5.96. The summed E-state index contributed by atoms with van der Waals surface area (Å²) in [4.78, 5) is 0. The van der Waals surface area contributed by atoms with Gasteiger partial charge in [-0.25, -0.2) is 8.37 Å². The van der Waals surface area contributed by atoms with Gasteiger partial charge in [-0.15, -0.1) is 0 Å². The van der Waals surface area contributed by atoms with Crippen LogP contribution in [0.4, 0.5) is 0 Å².